The molecule has 0 saturated carbocycles. The summed E-state index contributed by atoms with van der Waals surface area (Å²) in [6.07, 6.45) is 5.49. The number of benzene rings is 1. The van der Waals surface area contributed by atoms with Crippen LogP contribution in [0.4, 0.5) is 5.82 Å². The number of anilines is 1. The van der Waals surface area contributed by atoms with E-state index >= 15 is 0 Å². The molecule has 0 spiro atoms. The van der Waals surface area contributed by atoms with Crippen molar-refractivity contribution in [3.63, 3.8) is 0 Å². The molecule has 1 atom stereocenters. The Morgan fingerprint density at radius 1 is 1.11 bits per heavy atom. The van der Waals surface area contributed by atoms with Crippen LogP contribution < -0.4 is 5.32 Å². The third kappa shape index (κ3) is 3.76. The van der Waals surface area contributed by atoms with E-state index < -0.39 is 0 Å². The minimum absolute atomic E-state index is 0.181. The van der Waals surface area contributed by atoms with Gasteiger partial charge < -0.3 is 10.2 Å². The minimum Gasteiger partial charge on any atom is -0.358 e. The van der Waals surface area contributed by atoms with Gasteiger partial charge in [-0.15, -0.1) is 0 Å². The smallest absolute Gasteiger partial charge is 0.245 e. The first-order valence-corrected chi connectivity index (χ1v) is 10.1. The van der Waals surface area contributed by atoms with Gasteiger partial charge in [-0.05, 0) is 44.0 Å². The average Bonchev–Trinajstić information content (AvgIpc) is 2.65. The fraction of sp³-hybridized carbons (Fsp3) is 0.571. The molecule has 6 nitrogen and oxygen atoms in total. The average molecular weight is 367 g/mol. The number of likely N-dealkylation sites (tertiary alicyclic amines) is 2. The Balaban J connectivity index is 1.44. The molecule has 27 heavy (non-hydrogen) atoms. The molecule has 0 unspecified atom stereocenters. The SMILES string of the molecule is CC(C)[C@@H](Nc1ncnc2ccccc12)C(=O)N1CC(N2CCCCC2)C1. The monoisotopic (exact) mass is 367 g/mol. The van der Waals surface area contributed by atoms with Gasteiger partial charge in [-0.1, -0.05) is 32.4 Å². The Kier molecular flexibility index (Phi) is 5.25. The van der Waals surface area contributed by atoms with Crippen LogP contribution in [0.3, 0.4) is 0 Å². The Labute approximate surface area is 161 Å². The number of para-hydroxylation sites is 1. The van der Waals surface area contributed by atoms with E-state index in [1.165, 1.54) is 32.4 Å². The molecule has 2 aromatic rings. The fourth-order valence-electron chi connectivity index (χ4n) is 4.13. The number of carbonyl (C=O) groups is 1. The predicted octanol–water partition coefficient (Wildman–Crippen LogP) is 2.76. The molecule has 2 saturated heterocycles. The lowest BCUT2D eigenvalue weighted by Crippen LogP contribution is -2.64. The number of carbonyl (C=O) groups excluding carboxylic acids is 1. The van der Waals surface area contributed by atoms with Gasteiger partial charge in [-0.3, -0.25) is 9.69 Å². The summed E-state index contributed by atoms with van der Waals surface area (Å²) in [5, 5.41) is 4.36. The first-order chi connectivity index (χ1) is 13.1. The largest absolute Gasteiger partial charge is 0.358 e. The van der Waals surface area contributed by atoms with Crippen LogP contribution in [0.5, 0.6) is 0 Å². The summed E-state index contributed by atoms with van der Waals surface area (Å²) in [6.45, 7) is 8.25. The highest BCUT2D eigenvalue weighted by molar-refractivity contribution is 5.92. The van der Waals surface area contributed by atoms with E-state index in [2.05, 4.69) is 34.0 Å². The number of rotatable bonds is 5. The van der Waals surface area contributed by atoms with Crippen LogP contribution in [-0.2, 0) is 4.79 Å². The second-order valence-corrected chi connectivity index (χ2v) is 8.10. The topological polar surface area (TPSA) is 61.4 Å². The maximum Gasteiger partial charge on any atom is 0.245 e. The van der Waals surface area contributed by atoms with Gasteiger partial charge in [-0.25, -0.2) is 9.97 Å². The van der Waals surface area contributed by atoms with Crippen LogP contribution in [0.1, 0.15) is 33.1 Å². The minimum atomic E-state index is -0.273. The van der Waals surface area contributed by atoms with E-state index in [9.17, 15) is 4.79 Å². The van der Waals surface area contributed by atoms with E-state index in [1.807, 2.05) is 29.2 Å². The van der Waals surface area contributed by atoms with Gasteiger partial charge in [0, 0.05) is 24.5 Å². The first kappa shape index (κ1) is 18.2. The summed E-state index contributed by atoms with van der Waals surface area (Å²) >= 11 is 0. The van der Waals surface area contributed by atoms with Crippen molar-refractivity contribution in [2.45, 2.75) is 45.2 Å². The fourth-order valence-corrected chi connectivity index (χ4v) is 4.13. The third-order valence-electron chi connectivity index (χ3n) is 5.85. The molecule has 0 aliphatic carbocycles. The Hall–Kier alpha value is -2.21. The molecule has 0 radical (unpaired) electrons. The zero-order valence-electron chi connectivity index (χ0n) is 16.3. The Morgan fingerprint density at radius 3 is 2.59 bits per heavy atom. The molecule has 144 valence electrons. The number of aromatic nitrogens is 2. The van der Waals surface area contributed by atoms with Gasteiger partial charge in [0.05, 0.1) is 5.52 Å². The molecule has 1 N–H and O–H groups in total. The van der Waals surface area contributed by atoms with E-state index in [-0.39, 0.29) is 17.9 Å². The summed E-state index contributed by atoms with van der Waals surface area (Å²) in [6, 6.07) is 8.17. The van der Waals surface area contributed by atoms with Gasteiger partial charge in [-0.2, -0.15) is 0 Å². The molecule has 2 aliphatic heterocycles. The van der Waals surface area contributed by atoms with Crippen molar-refractivity contribution in [2.75, 3.05) is 31.5 Å². The lowest BCUT2D eigenvalue weighted by atomic mass is 9.97. The van der Waals surface area contributed by atoms with E-state index in [0.29, 0.717) is 6.04 Å². The van der Waals surface area contributed by atoms with Crippen LogP contribution in [0.25, 0.3) is 10.9 Å². The Morgan fingerprint density at radius 2 is 1.85 bits per heavy atom. The standard InChI is InChI=1S/C21H29N5O/c1-15(2)19(24-20-17-8-4-5-9-18(17)22-14-23-20)21(27)26-12-16(13-26)25-10-6-3-7-11-25/h4-5,8-9,14-16,19H,3,6-7,10-13H2,1-2H3,(H,22,23,24)/t19-/m1/s1. The molecule has 3 heterocycles. The maximum absolute atomic E-state index is 13.1. The molecule has 2 aliphatic rings. The third-order valence-corrected chi connectivity index (χ3v) is 5.85. The zero-order valence-corrected chi connectivity index (χ0v) is 16.3. The molecule has 1 aromatic heterocycles. The van der Waals surface area contributed by atoms with Crippen LogP contribution in [0.2, 0.25) is 0 Å². The van der Waals surface area contributed by atoms with Gasteiger partial charge in [0.15, 0.2) is 0 Å². The van der Waals surface area contributed by atoms with Crippen molar-refractivity contribution >= 4 is 22.6 Å². The zero-order chi connectivity index (χ0) is 18.8. The van der Waals surface area contributed by atoms with Crippen molar-refractivity contribution in [2.24, 2.45) is 5.92 Å². The van der Waals surface area contributed by atoms with Crippen molar-refractivity contribution in [1.29, 1.82) is 0 Å². The molecule has 2 fully saturated rings. The van der Waals surface area contributed by atoms with Crippen LogP contribution in [0.15, 0.2) is 30.6 Å². The summed E-state index contributed by atoms with van der Waals surface area (Å²) in [5.74, 6) is 1.10. The molecule has 1 aromatic carbocycles. The quantitative estimate of drug-likeness (QED) is 0.880. The summed E-state index contributed by atoms with van der Waals surface area (Å²) < 4.78 is 0. The number of piperidine rings is 1. The van der Waals surface area contributed by atoms with Gasteiger partial charge in [0.2, 0.25) is 5.91 Å². The second kappa shape index (κ2) is 7.80. The maximum atomic E-state index is 13.1. The summed E-state index contributed by atoms with van der Waals surface area (Å²) in [7, 11) is 0. The highest BCUT2D eigenvalue weighted by atomic mass is 16.2. The van der Waals surface area contributed by atoms with Crippen molar-refractivity contribution in [3.8, 4) is 0 Å². The number of fused-ring (bicyclic) bond motifs is 1. The van der Waals surface area contributed by atoms with Crippen molar-refractivity contribution in [3.05, 3.63) is 30.6 Å². The number of hydrogen-bond donors (Lipinski definition) is 1. The van der Waals surface area contributed by atoms with Gasteiger partial charge >= 0.3 is 0 Å². The first-order valence-electron chi connectivity index (χ1n) is 10.1. The van der Waals surface area contributed by atoms with Crippen LogP contribution >= 0.6 is 0 Å². The van der Waals surface area contributed by atoms with Gasteiger partial charge in [0.1, 0.15) is 18.2 Å². The molecule has 4 rings (SSSR count). The van der Waals surface area contributed by atoms with E-state index in [4.69, 9.17) is 0 Å². The Bertz CT molecular complexity index is 791. The van der Waals surface area contributed by atoms with E-state index in [1.54, 1.807) is 6.33 Å². The molecule has 6 heteroatoms. The lowest BCUT2D eigenvalue weighted by molar-refractivity contribution is -0.140. The molecule has 1 amide bonds. The molecular formula is C21H29N5O. The van der Waals surface area contributed by atoms with Crippen LogP contribution in [0, 0.1) is 5.92 Å². The normalized spacial score (nSPS) is 19.9. The van der Waals surface area contributed by atoms with Crippen molar-refractivity contribution in [1.82, 2.24) is 19.8 Å². The summed E-state index contributed by atoms with van der Waals surface area (Å²) in [5.41, 5.74) is 0.888. The highest BCUT2D eigenvalue weighted by Crippen LogP contribution is 2.25. The number of nitrogens with zero attached hydrogens (tertiary/aromatic N) is 4. The number of amides is 1. The number of nitrogens with one attached hydrogen (secondary N) is 1. The molecular weight excluding hydrogens is 338 g/mol. The van der Waals surface area contributed by atoms with Crippen molar-refractivity contribution < 1.29 is 4.79 Å². The lowest BCUT2D eigenvalue weighted by Gasteiger charge is -2.48. The summed E-state index contributed by atoms with van der Waals surface area (Å²) in [4.78, 5) is 26.4. The second-order valence-electron chi connectivity index (χ2n) is 8.10. The van der Waals surface area contributed by atoms with Gasteiger partial charge in [0.25, 0.3) is 0 Å². The van der Waals surface area contributed by atoms with E-state index in [0.717, 1.165) is 29.8 Å². The van der Waals surface area contributed by atoms with Crippen LogP contribution in [-0.4, -0.2) is 63.9 Å². The molecule has 0 bridgehead atoms. The predicted molar refractivity (Wildman–Crippen MR) is 108 cm³/mol. The highest BCUT2D eigenvalue weighted by Gasteiger charge is 2.38. The number of hydrogen-bond acceptors (Lipinski definition) is 5.